The zero-order valence-electron chi connectivity index (χ0n) is 9.58. The summed E-state index contributed by atoms with van der Waals surface area (Å²) < 4.78 is 0.896. The van der Waals surface area contributed by atoms with Crippen LogP contribution in [0, 0.1) is 6.92 Å². The fraction of sp³-hybridized carbons (Fsp3) is 0.0769. The Balaban J connectivity index is 2.22. The number of anilines is 1. The third kappa shape index (κ3) is 2.89. The van der Waals surface area contributed by atoms with Crippen LogP contribution in [-0.4, -0.2) is 10.9 Å². The topological polar surface area (TPSA) is 42.0 Å². The molecule has 2 aromatic rings. The minimum Gasteiger partial charge on any atom is -0.319 e. The monoisotopic (exact) mass is 324 g/mol. The number of hydrogen-bond acceptors (Lipinski definition) is 2. The van der Waals surface area contributed by atoms with Crippen LogP contribution in [0.15, 0.2) is 41.1 Å². The molecule has 0 saturated carbocycles. The molecule has 18 heavy (non-hydrogen) atoms. The van der Waals surface area contributed by atoms with Gasteiger partial charge < -0.3 is 5.32 Å². The maximum Gasteiger partial charge on any atom is 0.255 e. The van der Waals surface area contributed by atoms with Crippen molar-refractivity contribution in [3.05, 3.63) is 57.3 Å². The van der Waals surface area contributed by atoms with Gasteiger partial charge in [-0.05, 0) is 30.7 Å². The van der Waals surface area contributed by atoms with Crippen molar-refractivity contribution >= 4 is 39.1 Å². The van der Waals surface area contributed by atoms with Crippen molar-refractivity contribution in [3.63, 3.8) is 0 Å². The number of halogens is 2. The number of aromatic nitrogens is 1. The van der Waals surface area contributed by atoms with E-state index >= 15 is 0 Å². The number of rotatable bonds is 2. The first-order chi connectivity index (χ1) is 8.58. The Morgan fingerprint density at radius 3 is 2.83 bits per heavy atom. The lowest BCUT2D eigenvalue weighted by Gasteiger charge is -2.07. The molecule has 0 unspecified atom stereocenters. The summed E-state index contributed by atoms with van der Waals surface area (Å²) in [7, 11) is 0. The number of carbonyl (C=O) groups excluding carboxylic acids is 1. The van der Waals surface area contributed by atoms with E-state index in [-0.39, 0.29) is 5.91 Å². The molecule has 0 aliphatic heterocycles. The number of amides is 1. The van der Waals surface area contributed by atoms with E-state index in [0.29, 0.717) is 16.3 Å². The van der Waals surface area contributed by atoms with Gasteiger partial charge in [0.25, 0.3) is 5.91 Å². The van der Waals surface area contributed by atoms with Gasteiger partial charge in [0.05, 0.1) is 16.9 Å². The molecular weight excluding hydrogens is 316 g/mol. The van der Waals surface area contributed by atoms with E-state index in [2.05, 4.69) is 26.2 Å². The van der Waals surface area contributed by atoms with E-state index in [1.54, 1.807) is 24.4 Å². The van der Waals surface area contributed by atoms with E-state index < -0.39 is 0 Å². The first-order valence-corrected chi connectivity index (χ1v) is 6.42. The van der Waals surface area contributed by atoms with Gasteiger partial charge in [0, 0.05) is 16.2 Å². The van der Waals surface area contributed by atoms with Crippen LogP contribution in [0.1, 0.15) is 15.9 Å². The smallest absolute Gasteiger partial charge is 0.255 e. The number of nitrogens with zero attached hydrogens (tertiary/aromatic N) is 1. The summed E-state index contributed by atoms with van der Waals surface area (Å²) in [4.78, 5) is 15.9. The molecule has 0 atom stereocenters. The van der Waals surface area contributed by atoms with E-state index in [9.17, 15) is 4.79 Å². The third-order valence-electron chi connectivity index (χ3n) is 2.45. The Morgan fingerprint density at radius 2 is 2.17 bits per heavy atom. The second-order valence-corrected chi connectivity index (χ2v) is 5.04. The van der Waals surface area contributed by atoms with Crippen LogP contribution in [0.25, 0.3) is 0 Å². The maximum atomic E-state index is 12.0. The molecule has 1 heterocycles. The first kappa shape index (κ1) is 13.1. The molecule has 2 rings (SSSR count). The molecule has 0 aliphatic carbocycles. The largest absolute Gasteiger partial charge is 0.319 e. The summed E-state index contributed by atoms with van der Waals surface area (Å²) >= 11 is 9.34. The quantitative estimate of drug-likeness (QED) is 0.905. The van der Waals surface area contributed by atoms with E-state index in [1.165, 1.54) is 6.20 Å². The van der Waals surface area contributed by atoms with Crippen molar-refractivity contribution in [2.24, 2.45) is 0 Å². The highest BCUT2D eigenvalue weighted by molar-refractivity contribution is 9.10. The van der Waals surface area contributed by atoms with Gasteiger partial charge in [0.1, 0.15) is 0 Å². The van der Waals surface area contributed by atoms with Crippen LogP contribution in [-0.2, 0) is 0 Å². The Bertz CT molecular complexity index is 601. The molecule has 0 fully saturated rings. The number of pyridine rings is 1. The van der Waals surface area contributed by atoms with Gasteiger partial charge in [-0.1, -0.05) is 33.6 Å². The average molecular weight is 326 g/mol. The molecule has 3 nitrogen and oxygen atoms in total. The van der Waals surface area contributed by atoms with Crippen molar-refractivity contribution in [1.29, 1.82) is 0 Å². The second kappa shape index (κ2) is 5.50. The lowest BCUT2D eigenvalue weighted by molar-refractivity contribution is 0.102. The summed E-state index contributed by atoms with van der Waals surface area (Å²) in [6, 6.07) is 7.04. The number of carbonyl (C=O) groups is 1. The molecule has 1 aromatic heterocycles. The molecule has 0 aliphatic rings. The summed E-state index contributed by atoms with van der Waals surface area (Å²) in [5.41, 5.74) is 2.14. The van der Waals surface area contributed by atoms with Crippen LogP contribution in [0.3, 0.4) is 0 Å². The second-order valence-electron chi connectivity index (χ2n) is 3.77. The highest BCUT2D eigenvalue weighted by atomic mass is 79.9. The lowest BCUT2D eigenvalue weighted by Crippen LogP contribution is -2.12. The fourth-order valence-corrected chi connectivity index (χ4v) is 1.93. The zero-order chi connectivity index (χ0) is 13.1. The van der Waals surface area contributed by atoms with E-state index in [0.717, 1.165) is 10.0 Å². The van der Waals surface area contributed by atoms with Gasteiger partial charge in [0.2, 0.25) is 0 Å². The third-order valence-corrected chi connectivity index (χ3v) is 3.63. The van der Waals surface area contributed by atoms with Gasteiger partial charge in [-0.15, -0.1) is 0 Å². The average Bonchev–Trinajstić information content (AvgIpc) is 2.35. The Kier molecular flexibility index (Phi) is 3.99. The van der Waals surface area contributed by atoms with Gasteiger partial charge in [-0.25, -0.2) is 0 Å². The van der Waals surface area contributed by atoms with Crippen LogP contribution in [0.5, 0.6) is 0 Å². The van der Waals surface area contributed by atoms with Crippen molar-refractivity contribution in [2.75, 3.05) is 5.32 Å². The summed E-state index contributed by atoms with van der Waals surface area (Å²) in [6.07, 6.45) is 3.09. The number of benzene rings is 1. The van der Waals surface area contributed by atoms with Gasteiger partial charge in [-0.3, -0.25) is 9.78 Å². The molecule has 1 aromatic carbocycles. The van der Waals surface area contributed by atoms with Crippen molar-refractivity contribution < 1.29 is 4.79 Å². The fourth-order valence-electron chi connectivity index (χ4n) is 1.40. The van der Waals surface area contributed by atoms with E-state index in [1.807, 2.05) is 13.0 Å². The molecule has 1 amide bonds. The summed E-state index contributed by atoms with van der Waals surface area (Å²) in [5.74, 6) is -0.217. The Hall–Kier alpha value is -1.39. The minimum atomic E-state index is -0.217. The lowest BCUT2D eigenvalue weighted by atomic mass is 10.1. The Morgan fingerprint density at radius 1 is 1.39 bits per heavy atom. The highest BCUT2D eigenvalue weighted by Gasteiger charge is 2.09. The molecule has 92 valence electrons. The number of hydrogen-bond donors (Lipinski definition) is 1. The molecule has 5 heteroatoms. The van der Waals surface area contributed by atoms with Crippen LogP contribution < -0.4 is 5.32 Å². The standard InChI is InChI=1S/C13H10BrClN2O/c1-8-2-3-9(6-10(8)14)13(18)17-12-7-16-5-4-11(12)15/h2-7H,1H3,(H,17,18). The predicted octanol–water partition coefficient (Wildman–Crippen LogP) is 4.06. The van der Waals surface area contributed by atoms with Gasteiger partial charge in [-0.2, -0.15) is 0 Å². The highest BCUT2D eigenvalue weighted by Crippen LogP contribution is 2.21. The summed E-state index contributed by atoms with van der Waals surface area (Å²) in [6.45, 7) is 1.96. The van der Waals surface area contributed by atoms with Crippen molar-refractivity contribution in [1.82, 2.24) is 4.98 Å². The SMILES string of the molecule is Cc1ccc(C(=O)Nc2cnccc2Cl)cc1Br. The van der Waals surface area contributed by atoms with E-state index in [4.69, 9.17) is 11.6 Å². The Labute approximate surface area is 118 Å². The van der Waals surface area contributed by atoms with Gasteiger partial charge >= 0.3 is 0 Å². The van der Waals surface area contributed by atoms with Crippen LogP contribution >= 0.6 is 27.5 Å². The molecule has 0 spiro atoms. The van der Waals surface area contributed by atoms with Crippen molar-refractivity contribution in [3.8, 4) is 0 Å². The first-order valence-electron chi connectivity index (χ1n) is 5.25. The van der Waals surface area contributed by atoms with Gasteiger partial charge in [0.15, 0.2) is 0 Å². The molecule has 0 radical (unpaired) electrons. The zero-order valence-corrected chi connectivity index (χ0v) is 11.9. The maximum absolute atomic E-state index is 12.0. The number of nitrogens with one attached hydrogen (secondary N) is 1. The van der Waals surface area contributed by atoms with Crippen LogP contribution in [0.4, 0.5) is 5.69 Å². The predicted molar refractivity (Wildman–Crippen MR) is 76.1 cm³/mol. The normalized spacial score (nSPS) is 10.2. The molecule has 0 bridgehead atoms. The number of aryl methyl sites for hydroxylation is 1. The summed E-state index contributed by atoms with van der Waals surface area (Å²) in [5, 5.41) is 3.18. The molecule has 0 saturated heterocycles. The minimum absolute atomic E-state index is 0.217. The van der Waals surface area contributed by atoms with Crippen LogP contribution in [0.2, 0.25) is 5.02 Å². The molecule has 1 N–H and O–H groups in total. The molecular formula is C13H10BrClN2O. The van der Waals surface area contributed by atoms with Crippen molar-refractivity contribution in [2.45, 2.75) is 6.92 Å².